The molecular weight excluding hydrogens is 378 g/mol. The fraction of sp³-hybridized carbons (Fsp3) is 0.0345. The van der Waals surface area contributed by atoms with Crippen LogP contribution in [0.2, 0.25) is 0 Å². The van der Waals surface area contributed by atoms with E-state index in [0.29, 0.717) is 5.69 Å². The van der Waals surface area contributed by atoms with Crippen LogP contribution in [0.1, 0.15) is 22.3 Å². The molecule has 0 unspecified atom stereocenters. The van der Waals surface area contributed by atoms with Crippen LogP contribution in [0.4, 0.5) is 5.69 Å². The van der Waals surface area contributed by atoms with Crippen LogP contribution < -0.4 is 5.73 Å². The van der Waals surface area contributed by atoms with E-state index in [9.17, 15) is 5.11 Å². The van der Waals surface area contributed by atoms with Crippen LogP contribution >= 0.6 is 0 Å². The molecule has 0 amide bonds. The summed E-state index contributed by atoms with van der Waals surface area (Å²) in [6.45, 7) is 12.4. The van der Waals surface area contributed by atoms with E-state index in [2.05, 4.69) is 68.3 Å². The summed E-state index contributed by atoms with van der Waals surface area (Å²) in [6, 6.07) is 24.6. The third-order valence-electron chi connectivity index (χ3n) is 5.87. The van der Waals surface area contributed by atoms with E-state index >= 15 is 0 Å². The zero-order valence-corrected chi connectivity index (χ0v) is 17.7. The Labute approximate surface area is 183 Å². The zero-order chi connectivity index (χ0) is 22.1. The molecule has 31 heavy (non-hydrogen) atoms. The third-order valence-corrected chi connectivity index (χ3v) is 5.87. The highest BCUT2D eigenvalue weighted by molar-refractivity contribution is 6.22. The number of rotatable bonds is 2. The van der Waals surface area contributed by atoms with Gasteiger partial charge in [-0.3, -0.25) is 0 Å². The van der Waals surface area contributed by atoms with E-state index in [4.69, 9.17) is 5.73 Å². The lowest BCUT2D eigenvalue weighted by molar-refractivity contribution is 0.479. The average Bonchev–Trinajstić information content (AvgIpc) is 3.16. The molecule has 0 saturated carbocycles. The molecule has 0 radical (unpaired) electrons. The highest BCUT2D eigenvalue weighted by atomic mass is 16.3. The number of anilines is 1. The molecule has 3 N–H and O–H groups in total. The van der Waals surface area contributed by atoms with Crippen molar-refractivity contribution in [3.8, 4) is 16.9 Å². The molecule has 0 atom stereocenters. The summed E-state index contributed by atoms with van der Waals surface area (Å²) in [5.74, 6) is 0.135. The summed E-state index contributed by atoms with van der Waals surface area (Å²) in [4.78, 5) is 0. The van der Waals surface area contributed by atoms with Gasteiger partial charge in [0.15, 0.2) is 0 Å². The summed E-state index contributed by atoms with van der Waals surface area (Å²) in [5, 5.41) is 13.3. The Morgan fingerprint density at radius 2 is 1.45 bits per heavy atom. The van der Waals surface area contributed by atoms with Crippen molar-refractivity contribution in [1.29, 1.82) is 0 Å². The number of fused-ring (bicyclic) bond motifs is 2. The molecule has 0 saturated heterocycles. The maximum Gasteiger partial charge on any atom is 0.147 e. The highest BCUT2D eigenvalue weighted by Gasteiger charge is 2.28. The second kappa shape index (κ2) is 8.00. The van der Waals surface area contributed by atoms with Crippen molar-refractivity contribution in [3.05, 3.63) is 115 Å². The number of hydrogen-bond acceptors (Lipinski definition) is 2. The molecular formula is C29H25NO. The number of allylic oxidation sites excluding steroid dienone is 2. The molecule has 0 fully saturated rings. The van der Waals surface area contributed by atoms with Crippen molar-refractivity contribution in [2.45, 2.75) is 6.92 Å². The molecule has 4 aromatic carbocycles. The number of benzene rings is 4. The number of hydrogen-bond donors (Lipinski definition) is 2. The molecule has 0 aromatic heterocycles. The maximum absolute atomic E-state index is 10.9. The van der Waals surface area contributed by atoms with E-state index in [-0.39, 0.29) is 5.75 Å². The molecule has 152 valence electrons. The lowest BCUT2D eigenvalue weighted by atomic mass is 9.89. The van der Waals surface area contributed by atoms with Crippen LogP contribution in [0.5, 0.6) is 5.75 Å². The minimum atomic E-state index is 0.135. The molecule has 4 aromatic rings. The summed E-state index contributed by atoms with van der Waals surface area (Å²) in [7, 11) is 0. The highest BCUT2D eigenvalue weighted by Crippen LogP contribution is 2.51. The Morgan fingerprint density at radius 3 is 2.19 bits per heavy atom. The van der Waals surface area contributed by atoms with Gasteiger partial charge in [-0.25, -0.2) is 0 Å². The monoisotopic (exact) mass is 403 g/mol. The van der Waals surface area contributed by atoms with Crippen LogP contribution in [0.15, 0.2) is 92.5 Å². The van der Waals surface area contributed by atoms with Gasteiger partial charge >= 0.3 is 0 Å². The van der Waals surface area contributed by atoms with E-state index in [1.54, 1.807) is 0 Å². The number of phenols is 1. The third kappa shape index (κ3) is 3.13. The smallest absolute Gasteiger partial charge is 0.147 e. The molecule has 2 nitrogen and oxygen atoms in total. The van der Waals surface area contributed by atoms with E-state index in [0.717, 1.165) is 44.5 Å². The molecule has 2 heteroatoms. The van der Waals surface area contributed by atoms with Crippen LogP contribution in [0.25, 0.3) is 39.1 Å². The van der Waals surface area contributed by atoms with Gasteiger partial charge in [-0.1, -0.05) is 79.4 Å². The van der Waals surface area contributed by atoms with E-state index in [1.807, 2.05) is 37.3 Å². The quantitative estimate of drug-likeness (QED) is 0.207. The van der Waals surface area contributed by atoms with Crippen LogP contribution in [0, 0.1) is 6.92 Å². The molecule has 0 spiro atoms. The van der Waals surface area contributed by atoms with E-state index < -0.39 is 0 Å². The van der Waals surface area contributed by atoms with Gasteiger partial charge in [0.05, 0.1) is 5.69 Å². The average molecular weight is 404 g/mol. The molecule has 0 heterocycles. The Morgan fingerprint density at radius 1 is 0.806 bits per heavy atom. The van der Waals surface area contributed by atoms with Gasteiger partial charge in [-0.15, -0.1) is 13.2 Å². The van der Waals surface area contributed by atoms with Crippen LogP contribution in [-0.2, 0) is 0 Å². The minimum absolute atomic E-state index is 0.135. The van der Waals surface area contributed by atoms with Crippen molar-refractivity contribution in [2.24, 2.45) is 0 Å². The standard InChI is InChI=1S/C27H21NO.C2H4/c1-16-22(21-14-8-12-18-9-6-7-13-20(18)21)15-23-24(16)17(2)26(28)27(29)25(23)19-10-4-3-5-11-19;1-2/h3-15,29H,1,28H2,2H3;1-2H2. The first-order chi connectivity index (χ1) is 15.1. The first-order valence-electron chi connectivity index (χ1n) is 10.2. The van der Waals surface area contributed by atoms with Gasteiger partial charge in [0.25, 0.3) is 0 Å². The Balaban J connectivity index is 0.00000112. The molecule has 1 aliphatic rings. The lowest BCUT2D eigenvalue weighted by Crippen LogP contribution is -1.99. The number of nitrogen functional groups attached to an aromatic ring is 1. The fourth-order valence-corrected chi connectivity index (χ4v) is 4.40. The summed E-state index contributed by atoms with van der Waals surface area (Å²) in [6.07, 6.45) is 2.15. The largest absolute Gasteiger partial charge is 0.505 e. The predicted octanol–water partition coefficient (Wildman–Crippen LogP) is 7.47. The minimum Gasteiger partial charge on any atom is -0.505 e. The molecule has 1 aliphatic carbocycles. The van der Waals surface area contributed by atoms with Crippen LogP contribution in [-0.4, -0.2) is 5.11 Å². The van der Waals surface area contributed by atoms with Crippen molar-refractivity contribution < 1.29 is 5.11 Å². The molecule has 5 rings (SSSR count). The summed E-state index contributed by atoms with van der Waals surface area (Å²) in [5.41, 5.74) is 14.5. The van der Waals surface area contributed by atoms with Crippen molar-refractivity contribution in [3.63, 3.8) is 0 Å². The number of nitrogens with two attached hydrogens (primary N) is 1. The van der Waals surface area contributed by atoms with Gasteiger partial charge in [-0.2, -0.15) is 0 Å². The van der Waals surface area contributed by atoms with Gasteiger partial charge in [0, 0.05) is 5.56 Å². The Kier molecular flexibility index (Phi) is 5.22. The maximum atomic E-state index is 10.9. The summed E-state index contributed by atoms with van der Waals surface area (Å²) >= 11 is 0. The molecule has 0 bridgehead atoms. The number of phenolic OH excluding ortho intramolecular Hbond substituents is 1. The van der Waals surface area contributed by atoms with Crippen molar-refractivity contribution >= 4 is 33.7 Å². The SMILES string of the molecule is C=C.C=C1C(c2cccc3ccccc23)=Cc2c1c(C)c(N)c(O)c2-c1ccccc1. The van der Waals surface area contributed by atoms with Crippen molar-refractivity contribution in [2.75, 3.05) is 5.73 Å². The topological polar surface area (TPSA) is 46.2 Å². The second-order valence-electron chi connectivity index (χ2n) is 7.48. The zero-order valence-electron chi connectivity index (χ0n) is 17.7. The van der Waals surface area contributed by atoms with Crippen LogP contribution in [0.3, 0.4) is 0 Å². The normalized spacial score (nSPS) is 12.2. The van der Waals surface area contributed by atoms with Crippen molar-refractivity contribution in [1.82, 2.24) is 0 Å². The second-order valence-corrected chi connectivity index (χ2v) is 7.48. The van der Waals surface area contributed by atoms with Gasteiger partial charge in [-0.05, 0) is 62.7 Å². The van der Waals surface area contributed by atoms with Gasteiger partial charge in [0.1, 0.15) is 5.75 Å². The van der Waals surface area contributed by atoms with Gasteiger partial charge < -0.3 is 10.8 Å². The number of aromatic hydroxyl groups is 1. The summed E-state index contributed by atoms with van der Waals surface area (Å²) < 4.78 is 0. The Hall–Kier alpha value is -4.04. The lowest BCUT2D eigenvalue weighted by Gasteiger charge is -2.17. The van der Waals surface area contributed by atoms with Gasteiger partial charge in [0.2, 0.25) is 0 Å². The first-order valence-corrected chi connectivity index (χ1v) is 10.2. The fourth-order valence-electron chi connectivity index (χ4n) is 4.40. The van der Waals surface area contributed by atoms with E-state index in [1.165, 1.54) is 10.8 Å². The first kappa shape index (κ1) is 20.2. The molecule has 0 aliphatic heterocycles. The predicted molar refractivity (Wildman–Crippen MR) is 135 cm³/mol. The Bertz CT molecular complexity index is 1340.